The highest BCUT2D eigenvalue weighted by molar-refractivity contribution is 8.04. The van der Waals surface area contributed by atoms with Gasteiger partial charge in [0.25, 0.3) is 11.8 Å². The van der Waals surface area contributed by atoms with E-state index in [2.05, 4.69) is 17.4 Å². The van der Waals surface area contributed by atoms with E-state index in [4.69, 9.17) is 5.73 Å². The topological polar surface area (TPSA) is 75.4 Å². The van der Waals surface area contributed by atoms with Crippen LogP contribution < -0.4 is 11.1 Å². The number of rotatable bonds is 6. The van der Waals surface area contributed by atoms with Gasteiger partial charge in [-0.25, -0.2) is 0 Å². The molecule has 0 saturated heterocycles. The molecule has 3 N–H and O–H groups in total. The van der Waals surface area contributed by atoms with Gasteiger partial charge in [0.1, 0.15) is 0 Å². The number of nitrogens with one attached hydrogen (secondary N) is 1. The number of hydrogen-bond donors (Lipinski definition) is 2. The normalized spacial score (nSPS) is 16.5. The standard InChI is InChI=1S/C21H23N3O2S/c1-3-24-14(2)18(19(22)25)27-21(24)23-20(26)17-11-9-16(10-12-17)13-15-7-5-4-6-8-15/h4-12,21H,3,13H2,1-2H3,(H2,22,25)(H,23,26). The molecule has 6 heteroatoms. The number of carbonyl (C=O) groups is 2. The number of benzene rings is 2. The molecule has 1 atom stereocenters. The van der Waals surface area contributed by atoms with Crippen molar-refractivity contribution in [2.75, 3.05) is 6.54 Å². The molecule has 0 saturated carbocycles. The summed E-state index contributed by atoms with van der Waals surface area (Å²) in [6, 6.07) is 17.8. The van der Waals surface area contributed by atoms with Crippen LogP contribution in [0.1, 0.15) is 35.3 Å². The maximum atomic E-state index is 12.6. The molecule has 140 valence electrons. The van der Waals surface area contributed by atoms with E-state index in [0.717, 1.165) is 17.7 Å². The molecule has 0 bridgehead atoms. The van der Waals surface area contributed by atoms with Gasteiger partial charge in [-0.2, -0.15) is 0 Å². The summed E-state index contributed by atoms with van der Waals surface area (Å²) in [5.41, 5.74) is 8.88. The fraction of sp³-hybridized carbons (Fsp3) is 0.238. The Morgan fingerprint density at radius 2 is 1.70 bits per heavy atom. The van der Waals surface area contributed by atoms with Gasteiger partial charge >= 0.3 is 0 Å². The molecule has 0 aromatic heterocycles. The lowest BCUT2D eigenvalue weighted by molar-refractivity contribution is -0.114. The minimum Gasteiger partial charge on any atom is -0.365 e. The zero-order chi connectivity index (χ0) is 19.4. The summed E-state index contributed by atoms with van der Waals surface area (Å²) in [4.78, 5) is 26.7. The van der Waals surface area contributed by atoms with Crippen LogP contribution in [0.15, 0.2) is 65.2 Å². The Morgan fingerprint density at radius 3 is 2.30 bits per heavy atom. The van der Waals surface area contributed by atoms with Crippen LogP contribution in [0.5, 0.6) is 0 Å². The van der Waals surface area contributed by atoms with Gasteiger partial charge in [-0.1, -0.05) is 54.2 Å². The summed E-state index contributed by atoms with van der Waals surface area (Å²) in [5, 5.41) is 2.98. The van der Waals surface area contributed by atoms with E-state index in [0.29, 0.717) is 17.0 Å². The number of nitrogens with two attached hydrogens (primary N) is 1. The van der Waals surface area contributed by atoms with Crippen LogP contribution in [0.4, 0.5) is 0 Å². The van der Waals surface area contributed by atoms with E-state index in [9.17, 15) is 9.59 Å². The van der Waals surface area contributed by atoms with Crippen molar-refractivity contribution in [1.29, 1.82) is 0 Å². The lowest BCUT2D eigenvalue weighted by Crippen LogP contribution is -2.42. The molecule has 2 amide bonds. The van der Waals surface area contributed by atoms with Gasteiger partial charge < -0.3 is 16.0 Å². The van der Waals surface area contributed by atoms with E-state index in [1.807, 2.05) is 61.2 Å². The van der Waals surface area contributed by atoms with Gasteiger partial charge in [-0.3, -0.25) is 9.59 Å². The molecular weight excluding hydrogens is 358 g/mol. The largest absolute Gasteiger partial charge is 0.365 e. The smallest absolute Gasteiger partial charge is 0.257 e. The van der Waals surface area contributed by atoms with Gasteiger partial charge in [0.15, 0.2) is 5.50 Å². The number of thioether (sulfide) groups is 1. The Kier molecular flexibility index (Phi) is 5.86. The van der Waals surface area contributed by atoms with Crippen LogP contribution in [0.2, 0.25) is 0 Å². The molecule has 3 rings (SSSR count). The number of hydrogen-bond acceptors (Lipinski definition) is 4. The average Bonchev–Trinajstić information content (AvgIpc) is 2.98. The minimum absolute atomic E-state index is 0.171. The van der Waals surface area contributed by atoms with Crippen molar-refractivity contribution < 1.29 is 9.59 Å². The van der Waals surface area contributed by atoms with Crippen molar-refractivity contribution >= 4 is 23.6 Å². The second-order valence-corrected chi connectivity index (χ2v) is 7.46. The van der Waals surface area contributed by atoms with Crippen molar-refractivity contribution in [1.82, 2.24) is 10.2 Å². The van der Waals surface area contributed by atoms with E-state index >= 15 is 0 Å². The van der Waals surface area contributed by atoms with Crippen molar-refractivity contribution in [2.24, 2.45) is 5.73 Å². The zero-order valence-electron chi connectivity index (χ0n) is 15.4. The third-order valence-corrected chi connectivity index (χ3v) is 5.89. The first-order valence-electron chi connectivity index (χ1n) is 8.87. The van der Waals surface area contributed by atoms with Gasteiger partial charge in [0.05, 0.1) is 4.91 Å². The Labute approximate surface area is 163 Å². The fourth-order valence-corrected chi connectivity index (χ4v) is 4.34. The predicted octanol–water partition coefficient (Wildman–Crippen LogP) is 3.08. The molecule has 0 fully saturated rings. The molecule has 0 aliphatic carbocycles. The quantitative estimate of drug-likeness (QED) is 0.806. The van der Waals surface area contributed by atoms with Crippen LogP contribution >= 0.6 is 11.8 Å². The molecule has 0 radical (unpaired) electrons. The molecule has 1 aliphatic rings. The van der Waals surface area contributed by atoms with Crippen LogP contribution in [0, 0.1) is 0 Å². The maximum absolute atomic E-state index is 12.6. The highest BCUT2D eigenvalue weighted by Crippen LogP contribution is 2.36. The number of nitrogens with zero attached hydrogens (tertiary/aromatic N) is 1. The number of primary amides is 1. The van der Waals surface area contributed by atoms with E-state index in [-0.39, 0.29) is 11.4 Å². The second kappa shape index (κ2) is 8.31. The van der Waals surface area contributed by atoms with E-state index in [1.54, 1.807) is 0 Å². The van der Waals surface area contributed by atoms with Gasteiger partial charge in [-0.15, -0.1) is 0 Å². The van der Waals surface area contributed by atoms with Gasteiger partial charge in [0.2, 0.25) is 0 Å². The SMILES string of the molecule is CCN1C(C)=C(C(N)=O)SC1NC(=O)c1ccc(Cc2ccccc2)cc1. The lowest BCUT2D eigenvalue weighted by atomic mass is 10.0. The lowest BCUT2D eigenvalue weighted by Gasteiger charge is -2.26. The minimum atomic E-state index is -0.460. The molecule has 2 aromatic carbocycles. The van der Waals surface area contributed by atoms with Crippen molar-refractivity contribution in [3.05, 3.63) is 81.9 Å². The Balaban J connectivity index is 1.65. The highest BCUT2D eigenvalue weighted by atomic mass is 32.2. The summed E-state index contributed by atoms with van der Waals surface area (Å²) in [5.74, 6) is -0.631. The third-order valence-electron chi connectivity index (χ3n) is 4.56. The van der Waals surface area contributed by atoms with E-state index < -0.39 is 5.91 Å². The molecule has 27 heavy (non-hydrogen) atoms. The summed E-state index contributed by atoms with van der Waals surface area (Å²) >= 11 is 1.29. The maximum Gasteiger partial charge on any atom is 0.257 e. The first-order valence-corrected chi connectivity index (χ1v) is 9.75. The molecule has 2 aromatic rings. The molecule has 1 heterocycles. The number of allylic oxidation sites excluding steroid dienone is 1. The van der Waals surface area contributed by atoms with Crippen LogP contribution in [0.3, 0.4) is 0 Å². The second-order valence-electron chi connectivity index (χ2n) is 6.37. The Morgan fingerprint density at radius 1 is 1.07 bits per heavy atom. The Hall–Kier alpha value is -2.73. The average molecular weight is 382 g/mol. The molecule has 1 aliphatic heterocycles. The van der Waals surface area contributed by atoms with Gasteiger partial charge in [-0.05, 0) is 43.5 Å². The van der Waals surface area contributed by atoms with Crippen molar-refractivity contribution in [3.63, 3.8) is 0 Å². The molecule has 5 nitrogen and oxygen atoms in total. The highest BCUT2D eigenvalue weighted by Gasteiger charge is 2.32. The summed E-state index contributed by atoms with van der Waals surface area (Å²) in [6.45, 7) is 4.50. The van der Waals surface area contributed by atoms with Crippen LogP contribution in [0.25, 0.3) is 0 Å². The van der Waals surface area contributed by atoms with Crippen LogP contribution in [-0.4, -0.2) is 28.8 Å². The fourth-order valence-electron chi connectivity index (χ4n) is 3.11. The van der Waals surface area contributed by atoms with Gasteiger partial charge in [0, 0.05) is 17.8 Å². The molecule has 0 spiro atoms. The summed E-state index contributed by atoms with van der Waals surface area (Å²) in [7, 11) is 0. The first-order chi connectivity index (χ1) is 13.0. The summed E-state index contributed by atoms with van der Waals surface area (Å²) < 4.78 is 0. The predicted molar refractivity (Wildman–Crippen MR) is 109 cm³/mol. The Bertz CT molecular complexity index is 863. The molecule has 1 unspecified atom stereocenters. The number of amides is 2. The van der Waals surface area contributed by atoms with E-state index in [1.165, 1.54) is 17.3 Å². The third kappa shape index (κ3) is 4.34. The summed E-state index contributed by atoms with van der Waals surface area (Å²) in [6.07, 6.45) is 0.829. The van der Waals surface area contributed by atoms with Crippen LogP contribution in [-0.2, 0) is 11.2 Å². The zero-order valence-corrected chi connectivity index (χ0v) is 16.3. The van der Waals surface area contributed by atoms with Crippen molar-refractivity contribution in [2.45, 2.75) is 25.8 Å². The number of carbonyl (C=O) groups excluding carboxylic acids is 2. The monoisotopic (exact) mass is 381 g/mol. The molecular formula is C21H23N3O2S. The van der Waals surface area contributed by atoms with Crippen molar-refractivity contribution in [3.8, 4) is 0 Å². The first kappa shape index (κ1) is 19.0.